The van der Waals surface area contributed by atoms with Gasteiger partial charge in [-0.05, 0) is 6.82 Å². The standard InChI is InChI=1S/C7H14BNO3.C6H11NO2/c1-4-5-9(8(2)11)7(10)6-12-3;1-3-4-7-6(8)5-9-2/h4,11H,1,5-6H2,2-3H3;3H,1,4-5H2,2H3,(H,7,8). The van der Waals surface area contributed by atoms with E-state index in [1.165, 1.54) is 25.9 Å². The predicted molar refractivity (Wildman–Crippen MR) is 82.7 cm³/mol. The molecule has 0 aliphatic carbocycles. The van der Waals surface area contributed by atoms with Gasteiger partial charge in [0.15, 0.2) is 0 Å². The van der Waals surface area contributed by atoms with Crippen molar-refractivity contribution in [1.82, 2.24) is 10.1 Å². The zero-order valence-electron chi connectivity index (χ0n) is 13.0. The minimum Gasteiger partial charge on any atom is -0.432 e. The van der Waals surface area contributed by atoms with E-state index < -0.39 is 7.05 Å². The van der Waals surface area contributed by atoms with Crippen LogP contribution >= 0.6 is 0 Å². The minimum absolute atomic E-state index is 0.0151. The van der Waals surface area contributed by atoms with E-state index >= 15 is 0 Å². The Balaban J connectivity index is 0. The van der Waals surface area contributed by atoms with Crippen LogP contribution < -0.4 is 5.32 Å². The summed E-state index contributed by atoms with van der Waals surface area (Å²) in [6.07, 6.45) is 3.17. The van der Waals surface area contributed by atoms with Crippen molar-refractivity contribution < 1.29 is 24.1 Å². The molecule has 0 radical (unpaired) electrons. The molecule has 0 saturated carbocycles. The smallest absolute Gasteiger partial charge is 0.412 e. The van der Waals surface area contributed by atoms with Crippen LogP contribution in [0, 0.1) is 0 Å². The molecule has 0 rings (SSSR count). The highest BCUT2D eigenvalue weighted by atomic mass is 16.5. The molecule has 0 aliphatic heterocycles. The lowest BCUT2D eigenvalue weighted by Crippen LogP contribution is -2.43. The van der Waals surface area contributed by atoms with Crippen molar-refractivity contribution in [1.29, 1.82) is 0 Å². The number of ether oxygens (including phenoxy) is 2. The fourth-order valence-corrected chi connectivity index (χ4v) is 1.18. The van der Waals surface area contributed by atoms with Crippen molar-refractivity contribution in [3.05, 3.63) is 25.3 Å². The van der Waals surface area contributed by atoms with E-state index in [4.69, 9.17) is 5.02 Å². The third-order valence-electron chi connectivity index (χ3n) is 2.08. The molecule has 21 heavy (non-hydrogen) atoms. The zero-order chi connectivity index (χ0) is 16.7. The van der Waals surface area contributed by atoms with Crippen LogP contribution in [-0.4, -0.2) is 69.2 Å². The van der Waals surface area contributed by atoms with Crippen LogP contribution in [0.15, 0.2) is 25.3 Å². The van der Waals surface area contributed by atoms with Gasteiger partial charge in [-0.2, -0.15) is 0 Å². The quantitative estimate of drug-likeness (QED) is 0.450. The third kappa shape index (κ3) is 13.1. The molecular weight excluding hydrogens is 275 g/mol. The van der Waals surface area contributed by atoms with Crippen molar-refractivity contribution in [3.63, 3.8) is 0 Å². The Morgan fingerprint density at radius 1 is 1.24 bits per heavy atom. The predicted octanol–water partition coefficient (Wildman–Crippen LogP) is -0.307. The van der Waals surface area contributed by atoms with Crippen LogP contribution in [0.3, 0.4) is 0 Å². The summed E-state index contributed by atoms with van der Waals surface area (Å²) in [5, 5.41) is 11.7. The molecule has 7 nitrogen and oxygen atoms in total. The van der Waals surface area contributed by atoms with E-state index in [-0.39, 0.29) is 25.0 Å². The number of methoxy groups -OCH3 is 2. The maximum absolute atomic E-state index is 11.2. The molecule has 0 saturated heterocycles. The maximum Gasteiger partial charge on any atom is 0.412 e. The highest BCUT2D eigenvalue weighted by Crippen LogP contribution is 1.93. The van der Waals surface area contributed by atoms with Crippen molar-refractivity contribution in [2.24, 2.45) is 0 Å². The second kappa shape index (κ2) is 14.8. The van der Waals surface area contributed by atoms with E-state index in [9.17, 15) is 9.59 Å². The summed E-state index contributed by atoms with van der Waals surface area (Å²) in [6.45, 7) is 9.38. The summed E-state index contributed by atoms with van der Waals surface area (Å²) in [6, 6.07) is 0. The topological polar surface area (TPSA) is 88.1 Å². The first kappa shape index (κ1) is 21.7. The Hall–Kier alpha value is -1.64. The minimum atomic E-state index is -0.800. The highest BCUT2D eigenvalue weighted by molar-refractivity contribution is 6.49. The lowest BCUT2D eigenvalue weighted by Gasteiger charge is -2.21. The summed E-state index contributed by atoms with van der Waals surface area (Å²) < 4.78 is 9.20. The van der Waals surface area contributed by atoms with Gasteiger partial charge in [0.2, 0.25) is 11.8 Å². The van der Waals surface area contributed by atoms with E-state index in [0.29, 0.717) is 13.1 Å². The Labute approximate surface area is 126 Å². The molecular formula is C13H25BN2O5. The Bertz CT molecular complexity index is 324. The molecule has 2 amide bonds. The summed E-state index contributed by atoms with van der Waals surface area (Å²) in [4.78, 5) is 23.0. The van der Waals surface area contributed by atoms with Crippen LogP contribution in [0.2, 0.25) is 6.82 Å². The largest absolute Gasteiger partial charge is 0.432 e. The zero-order valence-corrected chi connectivity index (χ0v) is 13.0. The number of rotatable bonds is 9. The van der Waals surface area contributed by atoms with E-state index in [2.05, 4.69) is 27.9 Å². The molecule has 0 bridgehead atoms. The van der Waals surface area contributed by atoms with Gasteiger partial charge in [-0.3, -0.25) is 9.59 Å². The van der Waals surface area contributed by atoms with E-state index in [1.54, 1.807) is 12.2 Å². The Morgan fingerprint density at radius 2 is 1.81 bits per heavy atom. The molecule has 0 aromatic carbocycles. The normalized spacial score (nSPS) is 8.95. The van der Waals surface area contributed by atoms with E-state index in [1.807, 2.05) is 0 Å². The van der Waals surface area contributed by atoms with Crippen LogP contribution in [0.5, 0.6) is 0 Å². The second-order valence-electron chi connectivity index (χ2n) is 3.93. The summed E-state index contributed by atoms with van der Waals surface area (Å²) in [7, 11) is 2.12. The van der Waals surface area contributed by atoms with Crippen molar-refractivity contribution >= 4 is 18.9 Å². The lowest BCUT2D eigenvalue weighted by atomic mass is 9.85. The molecule has 0 spiro atoms. The van der Waals surface area contributed by atoms with Crippen molar-refractivity contribution in [2.75, 3.05) is 40.5 Å². The third-order valence-corrected chi connectivity index (χ3v) is 2.08. The number of hydrogen-bond donors (Lipinski definition) is 2. The van der Waals surface area contributed by atoms with Crippen LogP contribution in [0.4, 0.5) is 0 Å². The maximum atomic E-state index is 11.2. The van der Waals surface area contributed by atoms with Crippen molar-refractivity contribution in [3.8, 4) is 0 Å². The van der Waals surface area contributed by atoms with Gasteiger partial charge in [0.1, 0.15) is 13.2 Å². The van der Waals surface area contributed by atoms with E-state index in [0.717, 1.165) is 0 Å². The molecule has 8 heteroatoms. The van der Waals surface area contributed by atoms with Crippen LogP contribution in [0.1, 0.15) is 0 Å². The molecule has 0 fully saturated rings. The first-order valence-electron chi connectivity index (χ1n) is 6.38. The number of carbonyl (C=O) groups is 2. The second-order valence-corrected chi connectivity index (χ2v) is 3.93. The molecule has 120 valence electrons. The SMILES string of the molecule is C=CCN(B(C)O)C(=O)COC.C=CCNC(=O)COC. The van der Waals surface area contributed by atoms with Gasteiger partial charge in [-0.15, -0.1) is 13.2 Å². The number of nitrogens with one attached hydrogen (secondary N) is 1. The first-order chi connectivity index (χ1) is 9.94. The number of hydrogen-bond acceptors (Lipinski definition) is 5. The summed E-state index contributed by atoms with van der Waals surface area (Å²) in [5.41, 5.74) is 0. The van der Waals surface area contributed by atoms with Gasteiger partial charge in [0, 0.05) is 27.3 Å². The van der Waals surface area contributed by atoms with Crippen LogP contribution in [0.25, 0.3) is 0 Å². The average Bonchev–Trinajstić information content (AvgIpc) is 2.43. The fraction of sp³-hybridized carbons (Fsp3) is 0.538. The summed E-state index contributed by atoms with van der Waals surface area (Å²) in [5.74, 6) is -0.357. The van der Waals surface area contributed by atoms with Gasteiger partial charge in [0.25, 0.3) is 0 Å². The average molecular weight is 300 g/mol. The lowest BCUT2D eigenvalue weighted by molar-refractivity contribution is -0.130. The monoisotopic (exact) mass is 300 g/mol. The van der Waals surface area contributed by atoms with Gasteiger partial charge >= 0.3 is 7.05 Å². The summed E-state index contributed by atoms with van der Waals surface area (Å²) >= 11 is 0. The number of nitrogens with zero attached hydrogens (tertiary/aromatic N) is 1. The molecule has 0 atom stereocenters. The number of carbonyl (C=O) groups excluding carboxylic acids is 2. The molecule has 2 N–H and O–H groups in total. The Kier molecular flexibility index (Phi) is 15.2. The van der Waals surface area contributed by atoms with Crippen LogP contribution in [-0.2, 0) is 19.1 Å². The van der Waals surface area contributed by atoms with Gasteiger partial charge in [-0.1, -0.05) is 12.2 Å². The first-order valence-corrected chi connectivity index (χ1v) is 6.38. The molecule has 0 aromatic heterocycles. The Morgan fingerprint density at radius 3 is 2.19 bits per heavy atom. The molecule has 0 heterocycles. The van der Waals surface area contributed by atoms with Gasteiger partial charge in [0.05, 0.1) is 0 Å². The fourth-order valence-electron chi connectivity index (χ4n) is 1.18. The van der Waals surface area contributed by atoms with Gasteiger partial charge < -0.3 is 24.6 Å². The molecule has 0 unspecified atom stereocenters. The van der Waals surface area contributed by atoms with Crippen molar-refractivity contribution in [2.45, 2.75) is 6.82 Å². The number of amides is 2. The molecule has 0 aromatic rings. The highest BCUT2D eigenvalue weighted by Gasteiger charge is 2.20. The van der Waals surface area contributed by atoms with Gasteiger partial charge in [-0.25, -0.2) is 0 Å². The molecule has 0 aliphatic rings.